The normalized spacial score (nSPS) is 11.3. The number of hydrogen-bond donors (Lipinski definition) is 2. The van der Waals surface area contributed by atoms with E-state index >= 15 is 0 Å². The Kier molecular flexibility index (Phi) is 4.27. The lowest BCUT2D eigenvalue weighted by molar-refractivity contribution is 0.598. The van der Waals surface area contributed by atoms with E-state index in [2.05, 4.69) is 5.32 Å². The van der Waals surface area contributed by atoms with E-state index in [0.717, 1.165) is 5.56 Å². The first-order valence-electron chi connectivity index (χ1n) is 5.67. The van der Waals surface area contributed by atoms with Crippen LogP contribution in [-0.4, -0.2) is 8.42 Å². The number of halogens is 2. The molecule has 7 heteroatoms. The average Bonchev–Trinajstić information content (AvgIpc) is 2.39. The van der Waals surface area contributed by atoms with Crippen LogP contribution in [0.1, 0.15) is 5.56 Å². The van der Waals surface area contributed by atoms with Gasteiger partial charge in [0, 0.05) is 12.2 Å². The van der Waals surface area contributed by atoms with Crippen LogP contribution >= 0.6 is 11.6 Å². The molecule has 0 unspecified atom stereocenters. The molecule has 2 rings (SSSR count). The summed E-state index contributed by atoms with van der Waals surface area (Å²) in [5, 5.41) is 8.12. The summed E-state index contributed by atoms with van der Waals surface area (Å²) in [6.45, 7) is 0.383. The van der Waals surface area contributed by atoms with Crippen LogP contribution in [0.3, 0.4) is 0 Å². The maximum absolute atomic E-state index is 13.0. The molecule has 0 heterocycles. The van der Waals surface area contributed by atoms with Gasteiger partial charge < -0.3 is 5.32 Å². The van der Waals surface area contributed by atoms with E-state index in [1.165, 1.54) is 24.3 Å². The Bertz CT molecular complexity index is 735. The van der Waals surface area contributed by atoms with Crippen molar-refractivity contribution in [2.45, 2.75) is 11.4 Å². The fraction of sp³-hybridized carbons (Fsp3) is 0.0769. The molecule has 0 saturated carbocycles. The molecule has 0 radical (unpaired) electrons. The molecule has 2 aromatic rings. The van der Waals surface area contributed by atoms with E-state index in [0.29, 0.717) is 12.2 Å². The van der Waals surface area contributed by atoms with Crippen LogP contribution in [-0.2, 0) is 16.6 Å². The van der Waals surface area contributed by atoms with E-state index in [9.17, 15) is 12.8 Å². The third kappa shape index (κ3) is 3.69. The quantitative estimate of drug-likeness (QED) is 0.911. The zero-order valence-corrected chi connectivity index (χ0v) is 11.9. The molecule has 0 bridgehead atoms. The van der Waals surface area contributed by atoms with E-state index in [1.54, 1.807) is 18.2 Å². The first-order valence-corrected chi connectivity index (χ1v) is 7.59. The summed E-state index contributed by atoms with van der Waals surface area (Å²) < 4.78 is 35.5. The van der Waals surface area contributed by atoms with E-state index in [4.69, 9.17) is 16.7 Å². The number of sulfonamides is 1. The minimum atomic E-state index is -3.73. The lowest BCUT2D eigenvalue weighted by Crippen LogP contribution is -2.12. The Labute approximate surface area is 121 Å². The zero-order valence-electron chi connectivity index (χ0n) is 10.3. The molecule has 20 heavy (non-hydrogen) atoms. The van der Waals surface area contributed by atoms with Crippen molar-refractivity contribution >= 4 is 27.3 Å². The van der Waals surface area contributed by atoms with Gasteiger partial charge in [-0.15, -0.1) is 0 Å². The Morgan fingerprint density at radius 2 is 1.95 bits per heavy atom. The summed E-state index contributed by atoms with van der Waals surface area (Å²) in [5.41, 5.74) is 1.37. The number of benzene rings is 2. The lowest BCUT2D eigenvalue weighted by atomic mass is 10.2. The molecule has 0 fully saturated rings. The maximum Gasteiger partial charge on any atom is 0.238 e. The van der Waals surface area contributed by atoms with Crippen LogP contribution in [0.4, 0.5) is 10.1 Å². The van der Waals surface area contributed by atoms with Gasteiger partial charge in [-0.05, 0) is 35.9 Å². The predicted octanol–water partition coefficient (Wildman–Crippen LogP) is 2.74. The first-order chi connectivity index (χ1) is 9.36. The highest BCUT2D eigenvalue weighted by atomic mass is 35.5. The Hall–Kier alpha value is -1.63. The van der Waals surface area contributed by atoms with Gasteiger partial charge in [-0.3, -0.25) is 0 Å². The highest BCUT2D eigenvalue weighted by molar-refractivity contribution is 7.89. The summed E-state index contributed by atoms with van der Waals surface area (Å²) >= 11 is 5.68. The minimum absolute atomic E-state index is 0.0274. The number of nitrogens with one attached hydrogen (secondary N) is 1. The zero-order chi connectivity index (χ0) is 14.8. The Morgan fingerprint density at radius 1 is 1.20 bits per heavy atom. The molecule has 3 N–H and O–H groups in total. The van der Waals surface area contributed by atoms with Crippen molar-refractivity contribution in [1.82, 2.24) is 0 Å². The van der Waals surface area contributed by atoms with Gasteiger partial charge in [0.05, 0.1) is 9.92 Å². The minimum Gasteiger partial charge on any atom is -0.381 e. The van der Waals surface area contributed by atoms with Crippen molar-refractivity contribution < 1.29 is 12.8 Å². The molecule has 0 spiro atoms. The highest BCUT2D eigenvalue weighted by Gasteiger charge is 2.08. The van der Waals surface area contributed by atoms with E-state index in [1.807, 2.05) is 0 Å². The molecule has 0 amide bonds. The number of nitrogens with two attached hydrogens (primary N) is 1. The van der Waals surface area contributed by atoms with E-state index in [-0.39, 0.29) is 9.92 Å². The first kappa shape index (κ1) is 14.8. The summed E-state index contributed by atoms with van der Waals surface area (Å²) in [7, 11) is -3.73. The summed E-state index contributed by atoms with van der Waals surface area (Å²) in [6.07, 6.45) is 0. The molecular weight excluding hydrogens is 303 g/mol. The summed E-state index contributed by atoms with van der Waals surface area (Å²) in [6, 6.07) is 10.5. The topological polar surface area (TPSA) is 72.2 Å². The molecule has 0 aromatic heterocycles. The lowest BCUT2D eigenvalue weighted by Gasteiger charge is -2.08. The monoisotopic (exact) mass is 314 g/mol. The average molecular weight is 315 g/mol. The molecule has 0 aliphatic rings. The Balaban J connectivity index is 2.13. The smallest absolute Gasteiger partial charge is 0.238 e. The van der Waals surface area contributed by atoms with Crippen molar-refractivity contribution in [3.63, 3.8) is 0 Å². The van der Waals surface area contributed by atoms with Gasteiger partial charge in [-0.2, -0.15) is 0 Å². The van der Waals surface area contributed by atoms with Crippen LogP contribution in [0.15, 0.2) is 47.4 Å². The molecule has 0 aliphatic heterocycles. The molecule has 106 valence electrons. The van der Waals surface area contributed by atoms with Crippen LogP contribution in [0.2, 0.25) is 5.02 Å². The SMILES string of the molecule is NS(=O)(=O)c1cccc(NCc2ccc(F)c(Cl)c2)c1. The van der Waals surface area contributed by atoms with Crippen LogP contribution < -0.4 is 10.5 Å². The molecule has 0 atom stereocenters. The molecule has 0 saturated heterocycles. The largest absolute Gasteiger partial charge is 0.381 e. The van der Waals surface area contributed by atoms with Gasteiger partial charge in [-0.1, -0.05) is 23.7 Å². The van der Waals surface area contributed by atoms with Crippen molar-refractivity contribution in [2.24, 2.45) is 5.14 Å². The van der Waals surface area contributed by atoms with Gasteiger partial charge in [0.15, 0.2) is 0 Å². The fourth-order valence-corrected chi connectivity index (χ4v) is 2.40. The Morgan fingerprint density at radius 3 is 2.60 bits per heavy atom. The van der Waals surface area contributed by atoms with Crippen molar-refractivity contribution in [3.05, 3.63) is 58.9 Å². The van der Waals surface area contributed by atoms with Crippen molar-refractivity contribution in [2.75, 3.05) is 5.32 Å². The number of primary sulfonamides is 1. The summed E-state index contributed by atoms with van der Waals surface area (Å²) in [5.74, 6) is -0.480. The van der Waals surface area contributed by atoms with Gasteiger partial charge in [0.1, 0.15) is 5.82 Å². The van der Waals surface area contributed by atoms with E-state index < -0.39 is 15.8 Å². The highest BCUT2D eigenvalue weighted by Crippen LogP contribution is 2.18. The van der Waals surface area contributed by atoms with Crippen LogP contribution in [0.5, 0.6) is 0 Å². The maximum atomic E-state index is 13.0. The molecule has 2 aromatic carbocycles. The second-order valence-electron chi connectivity index (χ2n) is 4.17. The van der Waals surface area contributed by atoms with Crippen molar-refractivity contribution in [1.29, 1.82) is 0 Å². The fourth-order valence-electron chi connectivity index (χ4n) is 1.64. The van der Waals surface area contributed by atoms with Gasteiger partial charge in [0.25, 0.3) is 0 Å². The van der Waals surface area contributed by atoms with Gasteiger partial charge >= 0.3 is 0 Å². The molecular formula is C13H12ClFN2O2S. The number of hydrogen-bond acceptors (Lipinski definition) is 3. The molecule has 0 aliphatic carbocycles. The second-order valence-corrected chi connectivity index (χ2v) is 6.14. The third-order valence-electron chi connectivity index (χ3n) is 2.64. The van der Waals surface area contributed by atoms with Crippen molar-refractivity contribution in [3.8, 4) is 0 Å². The van der Waals surface area contributed by atoms with Crippen LogP contribution in [0.25, 0.3) is 0 Å². The van der Waals surface area contributed by atoms with Gasteiger partial charge in [-0.25, -0.2) is 17.9 Å². The predicted molar refractivity (Wildman–Crippen MR) is 76.6 cm³/mol. The standard InChI is InChI=1S/C13H12ClFN2O2S/c14-12-6-9(4-5-13(12)15)8-17-10-2-1-3-11(7-10)20(16,18)19/h1-7,17H,8H2,(H2,16,18,19). The number of rotatable bonds is 4. The van der Waals surface area contributed by atoms with Gasteiger partial charge in [0.2, 0.25) is 10.0 Å². The number of anilines is 1. The van der Waals surface area contributed by atoms with Crippen LogP contribution in [0, 0.1) is 5.82 Å². The molecule has 4 nitrogen and oxygen atoms in total. The summed E-state index contributed by atoms with van der Waals surface area (Å²) in [4.78, 5) is 0.0274. The third-order valence-corrected chi connectivity index (χ3v) is 3.84. The second kappa shape index (κ2) is 5.78.